The van der Waals surface area contributed by atoms with E-state index in [1.54, 1.807) is 0 Å². The molecule has 0 N–H and O–H groups in total. The molecule has 25 heavy (non-hydrogen) atoms. The Hall–Kier alpha value is -1.39. The number of ether oxygens (including phenoxy) is 1. The normalized spacial score (nSPS) is 21.1. The molecule has 3 nitrogen and oxygen atoms in total. The van der Waals surface area contributed by atoms with Gasteiger partial charge in [-0.1, -0.05) is 37.3 Å². The van der Waals surface area contributed by atoms with Crippen LogP contribution in [0.1, 0.15) is 25.8 Å². The fourth-order valence-electron chi connectivity index (χ4n) is 3.49. The Balaban J connectivity index is 1.69. The van der Waals surface area contributed by atoms with E-state index in [0.29, 0.717) is 5.37 Å². The minimum atomic E-state index is 0.448. The Morgan fingerprint density at radius 3 is 2.64 bits per heavy atom. The summed E-state index contributed by atoms with van der Waals surface area (Å²) in [7, 11) is 0. The molecule has 0 amide bonds. The first-order valence-electron chi connectivity index (χ1n) is 9.43. The molecule has 0 spiro atoms. The summed E-state index contributed by atoms with van der Waals surface area (Å²) in [6.45, 7) is 9.25. The van der Waals surface area contributed by atoms with E-state index in [-0.39, 0.29) is 0 Å². The summed E-state index contributed by atoms with van der Waals surface area (Å²) in [5, 5.41) is 0.448. The van der Waals surface area contributed by atoms with Gasteiger partial charge in [0.1, 0.15) is 5.82 Å². The van der Waals surface area contributed by atoms with Gasteiger partial charge in [-0.25, -0.2) is 0 Å². The standard InChI is InChI=1S/C21H30N2OS/c1-3-25-21-17-18(2)16-20(22-12-14-24-15-13-22)23(21)11-7-10-19-8-5-4-6-9-19/h4-6,8-9,16-17,21H,3,7,10-15H2,1-2H3. The molecule has 0 radical (unpaired) electrons. The summed E-state index contributed by atoms with van der Waals surface area (Å²) < 4.78 is 5.56. The highest BCUT2D eigenvalue weighted by atomic mass is 32.2. The van der Waals surface area contributed by atoms with Crippen molar-refractivity contribution >= 4 is 11.8 Å². The summed E-state index contributed by atoms with van der Waals surface area (Å²) in [6.07, 6.45) is 7.10. The Morgan fingerprint density at radius 1 is 1.16 bits per heavy atom. The van der Waals surface area contributed by atoms with Crippen LogP contribution in [0.5, 0.6) is 0 Å². The van der Waals surface area contributed by atoms with Crippen LogP contribution in [0.2, 0.25) is 0 Å². The van der Waals surface area contributed by atoms with Crippen LogP contribution in [-0.4, -0.2) is 53.8 Å². The fraction of sp³-hybridized carbons (Fsp3) is 0.524. The van der Waals surface area contributed by atoms with E-state index in [2.05, 4.69) is 66.1 Å². The lowest BCUT2D eigenvalue weighted by atomic mass is 10.1. The van der Waals surface area contributed by atoms with Gasteiger partial charge in [-0.15, -0.1) is 11.8 Å². The summed E-state index contributed by atoms with van der Waals surface area (Å²) in [6, 6.07) is 10.8. The second kappa shape index (κ2) is 9.35. The Morgan fingerprint density at radius 2 is 1.92 bits per heavy atom. The molecule has 4 heteroatoms. The average Bonchev–Trinajstić information content (AvgIpc) is 2.65. The number of hydrogen-bond acceptors (Lipinski definition) is 4. The zero-order chi connectivity index (χ0) is 17.5. The summed E-state index contributed by atoms with van der Waals surface area (Å²) in [5.41, 5.74) is 2.81. The molecule has 0 aliphatic carbocycles. The average molecular weight is 359 g/mol. The molecule has 0 bridgehead atoms. The second-order valence-corrected chi connectivity index (χ2v) is 8.03. The first-order valence-corrected chi connectivity index (χ1v) is 10.5. The first kappa shape index (κ1) is 18.4. The number of benzene rings is 1. The van der Waals surface area contributed by atoms with Gasteiger partial charge in [0.05, 0.1) is 18.6 Å². The predicted octanol–water partition coefficient (Wildman–Crippen LogP) is 4.13. The van der Waals surface area contributed by atoms with Gasteiger partial charge in [-0.2, -0.15) is 0 Å². The molecule has 2 aliphatic rings. The van der Waals surface area contributed by atoms with Crippen molar-refractivity contribution in [3.63, 3.8) is 0 Å². The first-order chi connectivity index (χ1) is 12.3. The smallest absolute Gasteiger partial charge is 0.105 e. The molecule has 0 saturated carbocycles. The fourth-order valence-corrected chi connectivity index (χ4v) is 4.54. The number of aryl methyl sites for hydroxylation is 1. The molecule has 136 valence electrons. The van der Waals surface area contributed by atoms with E-state index >= 15 is 0 Å². The minimum absolute atomic E-state index is 0.448. The van der Waals surface area contributed by atoms with Gasteiger partial charge in [-0.05, 0) is 48.8 Å². The summed E-state index contributed by atoms with van der Waals surface area (Å²) in [4.78, 5) is 5.11. The zero-order valence-corrected chi connectivity index (χ0v) is 16.3. The van der Waals surface area contributed by atoms with Gasteiger partial charge in [-0.3, -0.25) is 0 Å². The van der Waals surface area contributed by atoms with Crippen LogP contribution in [-0.2, 0) is 11.2 Å². The monoisotopic (exact) mass is 358 g/mol. The third kappa shape index (κ3) is 5.05. The quantitative estimate of drug-likeness (QED) is 0.728. The van der Waals surface area contributed by atoms with Gasteiger partial charge in [0, 0.05) is 19.6 Å². The number of rotatable bonds is 7. The van der Waals surface area contributed by atoms with Crippen LogP contribution >= 0.6 is 11.8 Å². The lowest BCUT2D eigenvalue weighted by molar-refractivity contribution is 0.0369. The number of morpholine rings is 1. The maximum absolute atomic E-state index is 5.56. The van der Waals surface area contributed by atoms with Gasteiger partial charge in [0.25, 0.3) is 0 Å². The SMILES string of the molecule is CCSC1C=C(C)C=C(N2CCOCC2)N1CCCc1ccccc1. The lowest BCUT2D eigenvalue weighted by Gasteiger charge is -2.43. The zero-order valence-electron chi connectivity index (χ0n) is 15.5. The molecule has 3 rings (SSSR count). The van der Waals surface area contributed by atoms with Crippen LogP contribution in [0.3, 0.4) is 0 Å². The Labute approximate surface area is 156 Å². The maximum Gasteiger partial charge on any atom is 0.105 e. The van der Waals surface area contributed by atoms with E-state index in [0.717, 1.165) is 45.0 Å². The van der Waals surface area contributed by atoms with Crippen molar-refractivity contribution in [2.45, 2.75) is 32.1 Å². The van der Waals surface area contributed by atoms with E-state index in [1.807, 2.05) is 11.8 Å². The highest BCUT2D eigenvalue weighted by molar-refractivity contribution is 7.99. The molecule has 1 unspecified atom stereocenters. The highest BCUT2D eigenvalue weighted by Gasteiger charge is 2.27. The number of hydrogen-bond donors (Lipinski definition) is 0. The van der Waals surface area contributed by atoms with Crippen LogP contribution in [0.4, 0.5) is 0 Å². The lowest BCUT2D eigenvalue weighted by Crippen LogP contribution is -2.46. The van der Waals surface area contributed by atoms with Gasteiger partial charge < -0.3 is 14.5 Å². The van der Waals surface area contributed by atoms with Crippen molar-refractivity contribution in [3.05, 3.63) is 59.4 Å². The highest BCUT2D eigenvalue weighted by Crippen LogP contribution is 2.30. The van der Waals surface area contributed by atoms with Crippen molar-refractivity contribution in [2.75, 3.05) is 38.6 Å². The van der Waals surface area contributed by atoms with Crippen molar-refractivity contribution in [1.29, 1.82) is 0 Å². The molecule has 1 aromatic carbocycles. The van der Waals surface area contributed by atoms with Gasteiger partial charge >= 0.3 is 0 Å². The van der Waals surface area contributed by atoms with E-state index < -0.39 is 0 Å². The number of nitrogens with zero attached hydrogens (tertiary/aromatic N) is 2. The summed E-state index contributed by atoms with van der Waals surface area (Å²) in [5.74, 6) is 2.53. The van der Waals surface area contributed by atoms with Crippen molar-refractivity contribution in [2.24, 2.45) is 0 Å². The van der Waals surface area contributed by atoms with Crippen molar-refractivity contribution in [1.82, 2.24) is 9.80 Å². The number of allylic oxidation sites excluding steroid dienone is 2. The predicted molar refractivity (Wildman–Crippen MR) is 108 cm³/mol. The van der Waals surface area contributed by atoms with E-state index in [4.69, 9.17) is 4.74 Å². The third-order valence-electron chi connectivity index (χ3n) is 4.74. The van der Waals surface area contributed by atoms with E-state index in [1.165, 1.54) is 23.4 Å². The van der Waals surface area contributed by atoms with Gasteiger partial charge in [0.15, 0.2) is 0 Å². The Kier molecular flexibility index (Phi) is 6.88. The topological polar surface area (TPSA) is 15.7 Å². The van der Waals surface area contributed by atoms with Crippen molar-refractivity contribution < 1.29 is 4.74 Å². The summed E-state index contributed by atoms with van der Waals surface area (Å²) >= 11 is 2.03. The maximum atomic E-state index is 5.56. The van der Waals surface area contributed by atoms with Crippen LogP contribution in [0, 0.1) is 0 Å². The molecular formula is C21H30N2OS. The molecule has 2 aliphatic heterocycles. The van der Waals surface area contributed by atoms with Crippen molar-refractivity contribution in [3.8, 4) is 0 Å². The van der Waals surface area contributed by atoms with Gasteiger partial charge in [0.2, 0.25) is 0 Å². The Bertz CT molecular complexity index is 593. The molecule has 2 heterocycles. The second-order valence-electron chi connectivity index (χ2n) is 6.64. The van der Waals surface area contributed by atoms with E-state index in [9.17, 15) is 0 Å². The molecule has 0 aromatic heterocycles. The molecule has 1 aromatic rings. The van der Waals surface area contributed by atoms with Crippen LogP contribution < -0.4 is 0 Å². The molecular weight excluding hydrogens is 328 g/mol. The molecule has 1 fully saturated rings. The van der Waals surface area contributed by atoms with Crippen LogP contribution in [0.15, 0.2) is 53.9 Å². The van der Waals surface area contributed by atoms with Crippen LogP contribution in [0.25, 0.3) is 0 Å². The largest absolute Gasteiger partial charge is 0.378 e. The molecule has 1 saturated heterocycles. The third-order valence-corrected chi connectivity index (χ3v) is 5.81. The minimum Gasteiger partial charge on any atom is -0.378 e. The molecule has 1 atom stereocenters. The number of thioether (sulfide) groups is 1.